The lowest BCUT2D eigenvalue weighted by molar-refractivity contribution is -0.385. The maximum atomic E-state index is 11.0. The van der Waals surface area contributed by atoms with Crippen molar-refractivity contribution in [2.24, 2.45) is 5.92 Å². The average Bonchev–Trinajstić information content (AvgIpc) is 2.96. The fourth-order valence-electron chi connectivity index (χ4n) is 1.99. The van der Waals surface area contributed by atoms with E-state index in [-0.39, 0.29) is 17.4 Å². The van der Waals surface area contributed by atoms with Crippen LogP contribution in [0.1, 0.15) is 12.0 Å². The molecule has 0 amide bonds. The van der Waals surface area contributed by atoms with Gasteiger partial charge in [0.25, 0.3) is 0 Å². The van der Waals surface area contributed by atoms with Gasteiger partial charge < -0.3 is 14.6 Å². The molecule has 2 rings (SSSR count). The third-order valence-corrected chi connectivity index (χ3v) is 3.10. The van der Waals surface area contributed by atoms with E-state index in [0.717, 1.165) is 12.5 Å². The van der Waals surface area contributed by atoms with E-state index in [4.69, 9.17) is 14.6 Å². The summed E-state index contributed by atoms with van der Waals surface area (Å²) in [6, 6.07) is 4.25. The van der Waals surface area contributed by atoms with Gasteiger partial charge >= 0.3 is 11.7 Å². The Labute approximate surface area is 120 Å². The number of hydrogen-bond acceptors (Lipinski definition) is 5. The van der Waals surface area contributed by atoms with Crippen molar-refractivity contribution in [2.75, 3.05) is 19.8 Å². The van der Waals surface area contributed by atoms with Crippen molar-refractivity contribution < 1.29 is 24.3 Å². The first-order valence-corrected chi connectivity index (χ1v) is 6.46. The standard InChI is InChI=1S/C14H15NO6/c16-14(17)4-2-10-1-3-12(15(18)19)13(7-10)21-9-11-5-6-20-8-11/h1-4,7,11H,5-6,8-9H2,(H,16,17). The van der Waals surface area contributed by atoms with E-state index in [9.17, 15) is 14.9 Å². The van der Waals surface area contributed by atoms with Crippen molar-refractivity contribution >= 4 is 17.7 Å². The number of carboxylic acid groups (broad SMARTS) is 1. The van der Waals surface area contributed by atoms with Gasteiger partial charge in [-0.15, -0.1) is 0 Å². The molecule has 1 saturated heterocycles. The first kappa shape index (κ1) is 15.0. The van der Waals surface area contributed by atoms with Gasteiger partial charge in [-0.05, 0) is 30.2 Å². The van der Waals surface area contributed by atoms with Crippen LogP contribution in [0.3, 0.4) is 0 Å². The number of benzene rings is 1. The number of hydrogen-bond donors (Lipinski definition) is 1. The molecule has 0 aliphatic carbocycles. The number of aliphatic carboxylic acids is 1. The van der Waals surface area contributed by atoms with Crippen LogP contribution in [0.2, 0.25) is 0 Å². The molecule has 7 nitrogen and oxygen atoms in total. The zero-order valence-electron chi connectivity index (χ0n) is 11.2. The Morgan fingerprint density at radius 3 is 3.00 bits per heavy atom. The van der Waals surface area contributed by atoms with E-state index in [1.54, 1.807) is 0 Å². The molecule has 0 spiro atoms. The Bertz CT molecular complexity index is 563. The lowest BCUT2D eigenvalue weighted by Gasteiger charge is -2.11. The van der Waals surface area contributed by atoms with Gasteiger partial charge in [0, 0.05) is 24.7 Å². The molecule has 1 heterocycles. The van der Waals surface area contributed by atoms with Crippen molar-refractivity contribution in [3.05, 3.63) is 40.0 Å². The fraction of sp³-hybridized carbons (Fsp3) is 0.357. The highest BCUT2D eigenvalue weighted by Crippen LogP contribution is 2.29. The van der Waals surface area contributed by atoms with E-state index in [1.807, 2.05) is 0 Å². The number of rotatable bonds is 6. The first-order valence-electron chi connectivity index (χ1n) is 6.46. The molecule has 1 fully saturated rings. The van der Waals surface area contributed by atoms with E-state index >= 15 is 0 Å². The molecule has 21 heavy (non-hydrogen) atoms. The molecule has 112 valence electrons. The highest BCUT2D eigenvalue weighted by Gasteiger charge is 2.20. The smallest absolute Gasteiger partial charge is 0.328 e. The maximum absolute atomic E-state index is 11.0. The van der Waals surface area contributed by atoms with Gasteiger partial charge in [0.05, 0.1) is 18.1 Å². The monoisotopic (exact) mass is 293 g/mol. The first-order chi connectivity index (χ1) is 10.1. The molecular formula is C14H15NO6. The zero-order valence-corrected chi connectivity index (χ0v) is 11.2. The van der Waals surface area contributed by atoms with Crippen LogP contribution in [-0.2, 0) is 9.53 Å². The van der Waals surface area contributed by atoms with Crippen LogP contribution in [0.5, 0.6) is 5.75 Å². The highest BCUT2D eigenvalue weighted by atomic mass is 16.6. The number of ether oxygens (including phenoxy) is 2. The van der Waals surface area contributed by atoms with Crippen LogP contribution in [0, 0.1) is 16.0 Å². The number of carboxylic acids is 1. The number of nitrogens with zero attached hydrogens (tertiary/aromatic N) is 1. The molecular weight excluding hydrogens is 278 g/mol. The van der Waals surface area contributed by atoms with Gasteiger partial charge in [-0.1, -0.05) is 0 Å². The minimum absolute atomic E-state index is 0.138. The second-order valence-electron chi connectivity index (χ2n) is 4.70. The number of carbonyl (C=O) groups is 1. The van der Waals surface area contributed by atoms with E-state index in [2.05, 4.69) is 0 Å². The molecule has 1 aliphatic rings. The second-order valence-corrected chi connectivity index (χ2v) is 4.70. The summed E-state index contributed by atoms with van der Waals surface area (Å²) < 4.78 is 10.7. The summed E-state index contributed by atoms with van der Waals surface area (Å²) >= 11 is 0. The van der Waals surface area contributed by atoms with Crippen LogP contribution in [0.15, 0.2) is 24.3 Å². The molecule has 7 heteroatoms. The van der Waals surface area contributed by atoms with Crippen molar-refractivity contribution in [2.45, 2.75) is 6.42 Å². The van der Waals surface area contributed by atoms with Crippen molar-refractivity contribution in [3.63, 3.8) is 0 Å². The number of nitro groups is 1. The Morgan fingerprint density at radius 2 is 2.38 bits per heavy atom. The summed E-state index contributed by atoms with van der Waals surface area (Å²) in [5.41, 5.74) is 0.391. The zero-order chi connectivity index (χ0) is 15.2. The average molecular weight is 293 g/mol. The van der Waals surface area contributed by atoms with Gasteiger partial charge in [0.1, 0.15) is 0 Å². The molecule has 0 saturated carbocycles. The minimum atomic E-state index is -1.08. The molecule has 1 aromatic carbocycles. The Morgan fingerprint density at radius 1 is 1.57 bits per heavy atom. The third-order valence-electron chi connectivity index (χ3n) is 3.10. The lowest BCUT2D eigenvalue weighted by Crippen LogP contribution is -2.12. The third kappa shape index (κ3) is 4.28. The fourth-order valence-corrected chi connectivity index (χ4v) is 1.99. The summed E-state index contributed by atoms with van der Waals surface area (Å²) in [7, 11) is 0. The molecule has 1 atom stereocenters. The molecule has 0 bridgehead atoms. The Balaban J connectivity index is 2.15. The van der Waals surface area contributed by atoms with Crippen LogP contribution >= 0.6 is 0 Å². The maximum Gasteiger partial charge on any atom is 0.328 e. The van der Waals surface area contributed by atoms with E-state index < -0.39 is 10.9 Å². The van der Waals surface area contributed by atoms with Crippen LogP contribution in [0.4, 0.5) is 5.69 Å². The number of nitro benzene ring substituents is 1. The molecule has 1 aromatic rings. The van der Waals surface area contributed by atoms with Crippen molar-refractivity contribution in [1.82, 2.24) is 0 Å². The summed E-state index contributed by atoms with van der Waals surface area (Å²) in [6.07, 6.45) is 3.19. The Hall–Kier alpha value is -2.41. The molecule has 0 radical (unpaired) electrons. The highest BCUT2D eigenvalue weighted by molar-refractivity contribution is 5.85. The lowest BCUT2D eigenvalue weighted by atomic mass is 10.1. The molecule has 1 N–H and O–H groups in total. The normalized spacial score (nSPS) is 18.0. The predicted octanol–water partition coefficient (Wildman–Crippen LogP) is 2.11. The Kier molecular flexibility index (Phi) is 4.89. The van der Waals surface area contributed by atoms with Crippen LogP contribution < -0.4 is 4.74 Å². The minimum Gasteiger partial charge on any atom is -0.486 e. The molecule has 0 aromatic heterocycles. The molecule has 1 aliphatic heterocycles. The summed E-state index contributed by atoms with van der Waals surface area (Å²) in [5.74, 6) is -0.721. The van der Waals surface area contributed by atoms with Crippen LogP contribution in [0.25, 0.3) is 6.08 Å². The van der Waals surface area contributed by atoms with Gasteiger partial charge in [-0.3, -0.25) is 10.1 Å². The van der Waals surface area contributed by atoms with Gasteiger partial charge in [0.15, 0.2) is 5.75 Å². The van der Waals surface area contributed by atoms with E-state index in [0.29, 0.717) is 25.4 Å². The summed E-state index contributed by atoms with van der Waals surface area (Å²) in [4.78, 5) is 21.0. The largest absolute Gasteiger partial charge is 0.486 e. The van der Waals surface area contributed by atoms with E-state index in [1.165, 1.54) is 24.3 Å². The van der Waals surface area contributed by atoms with Crippen molar-refractivity contribution in [1.29, 1.82) is 0 Å². The summed E-state index contributed by atoms with van der Waals surface area (Å²) in [5, 5.41) is 19.6. The molecule has 1 unspecified atom stereocenters. The van der Waals surface area contributed by atoms with Gasteiger partial charge in [0.2, 0.25) is 0 Å². The van der Waals surface area contributed by atoms with Crippen LogP contribution in [-0.4, -0.2) is 35.8 Å². The quantitative estimate of drug-likeness (QED) is 0.490. The second kappa shape index (κ2) is 6.85. The topological polar surface area (TPSA) is 98.9 Å². The van der Waals surface area contributed by atoms with Gasteiger partial charge in [-0.25, -0.2) is 4.79 Å². The summed E-state index contributed by atoms with van der Waals surface area (Å²) in [6.45, 7) is 1.61. The van der Waals surface area contributed by atoms with Crippen molar-refractivity contribution in [3.8, 4) is 5.75 Å². The van der Waals surface area contributed by atoms with Gasteiger partial charge in [-0.2, -0.15) is 0 Å². The predicted molar refractivity (Wildman–Crippen MR) is 74.2 cm³/mol. The SMILES string of the molecule is O=C(O)C=Cc1ccc([N+](=O)[O-])c(OCC2CCOC2)c1.